The molecule has 2 nitrogen and oxygen atoms in total. The lowest BCUT2D eigenvalue weighted by molar-refractivity contribution is -0.113. The van der Waals surface area contributed by atoms with Crippen molar-refractivity contribution in [3.05, 3.63) is 69.6 Å². The molecular weight excluding hydrogens is 322 g/mol. The third-order valence-electron chi connectivity index (χ3n) is 3.74. The summed E-state index contributed by atoms with van der Waals surface area (Å²) in [6.07, 6.45) is 1.91. The van der Waals surface area contributed by atoms with Crippen LogP contribution in [0.2, 0.25) is 0 Å². The van der Waals surface area contributed by atoms with Gasteiger partial charge in [0.05, 0.1) is 10.6 Å². The Morgan fingerprint density at radius 1 is 1.04 bits per heavy atom. The van der Waals surface area contributed by atoms with E-state index in [-0.39, 0.29) is 5.91 Å². The van der Waals surface area contributed by atoms with E-state index in [1.807, 2.05) is 63.2 Å². The summed E-state index contributed by atoms with van der Waals surface area (Å²) in [6, 6.07) is 14.2. The second kappa shape index (κ2) is 6.30. The summed E-state index contributed by atoms with van der Waals surface area (Å²) in [7, 11) is 0. The lowest BCUT2D eigenvalue weighted by Crippen LogP contribution is -2.28. The highest BCUT2D eigenvalue weighted by molar-refractivity contribution is 8.27. The van der Waals surface area contributed by atoms with Crippen molar-refractivity contribution < 1.29 is 4.79 Å². The number of anilines is 1. The summed E-state index contributed by atoms with van der Waals surface area (Å²) in [5.74, 6) is -0.0461. The van der Waals surface area contributed by atoms with Gasteiger partial charge in [-0.3, -0.25) is 9.69 Å². The maximum absolute atomic E-state index is 12.8. The zero-order valence-electron chi connectivity index (χ0n) is 13.3. The number of benzene rings is 2. The molecule has 0 radical (unpaired) electrons. The molecule has 0 aliphatic carbocycles. The summed E-state index contributed by atoms with van der Waals surface area (Å²) in [6.45, 7) is 6.05. The summed E-state index contributed by atoms with van der Waals surface area (Å²) < 4.78 is 0.586. The number of aryl methyl sites for hydroxylation is 3. The molecule has 0 saturated carbocycles. The fourth-order valence-corrected chi connectivity index (χ4v) is 3.83. The predicted octanol–water partition coefficient (Wildman–Crippen LogP) is 5.02. The van der Waals surface area contributed by atoms with Crippen molar-refractivity contribution in [2.24, 2.45) is 0 Å². The van der Waals surface area contributed by atoms with Crippen LogP contribution in [0.5, 0.6) is 0 Å². The molecule has 4 heteroatoms. The van der Waals surface area contributed by atoms with Crippen molar-refractivity contribution in [3.8, 4) is 0 Å². The van der Waals surface area contributed by atoms with Gasteiger partial charge >= 0.3 is 0 Å². The Kier molecular flexibility index (Phi) is 4.37. The maximum atomic E-state index is 12.8. The van der Waals surface area contributed by atoms with E-state index in [4.69, 9.17) is 12.2 Å². The second-order valence-electron chi connectivity index (χ2n) is 5.72. The minimum absolute atomic E-state index is 0.0461. The van der Waals surface area contributed by atoms with Gasteiger partial charge in [-0.15, -0.1) is 0 Å². The monoisotopic (exact) mass is 339 g/mol. The number of thiocarbonyl (C=S) groups is 1. The van der Waals surface area contributed by atoms with Crippen molar-refractivity contribution in [2.75, 3.05) is 4.90 Å². The van der Waals surface area contributed by atoms with Crippen LogP contribution in [0, 0.1) is 20.8 Å². The molecule has 1 saturated heterocycles. The summed E-state index contributed by atoms with van der Waals surface area (Å²) in [5, 5.41) is 0. The predicted molar refractivity (Wildman–Crippen MR) is 103 cm³/mol. The number of amides is 1. The number of carbonyl (C=O) groups is 1. The second-order valence-corrected chi connectivity index (χ2v) is 7.40. The lowest BCUT2D eigenvalue weighted by Gasteiger charge is -2.17. The van der Waals surface area contributed by atoms with Gasteiger partial charge in [-0.2, -0.15) is 0 Å². The smallest absolute Gasteiger partial charge is 0.268 e. The van der Waals surface area contributed by atoms with Gasteiger partial charge in [0.15, 0.2) is 4.32 Å². The Morgan fingerprint density at radius 2 is 1.78 bits per heavy atom. The van der Waals surface area contributed by atoms with Crippen molar-refractivity contribution in [1.82, 2.24) is 0 Å². The Bertz CT molecular complexity index is 839. The Hall–Kier alpha value is -1.91. The van der Waals surface area contributed by atoms with Crippen molar-refractivity contribution >= 4 is 46.0 Å². The fourth-order valence-electron chi connectivity index (χ4n) is 2.55. The van der Waals surface area contributed by atoms with Crippen LogP contribution in [-0.4, -0.2) is 10.2 Å². The number of hydrogen-bond donors (Lipinski definition) is 0. The molecule has 0 aromatic heterocycles. The number of hydrogen-bond acceptors (Lipinski definition) is 3. The van der Waals surface area contributed by atoms with E-state index in [1.165, 1.54) is 17.3 Å². The van der Waals surface area contributed by atoms with Crippen LogP contribution in [0.4, 0.5) is 5.69 Å². The number of carbonyl (C=O) groups excluding carboxylic acids is 1. The molecule has 3 rings (SSSR count). The van der Waals surface area contributed by atoms with Gasteiger partial charge in [-0.1, -0.05) is 65.9 Å². The molecule has 0 bridgehead atoms. The first-order valence-corrected chi connectivity index (χ1v) is 8.60. The summed E-state index contributed by atoms with van der Waals surface area (Å²) in [5.41, 5.74) is 5.22. The highest BCUT2D eigenvalue weighted by atomic mass is 32.2. The van der Waals surface area contributed by atoms with E-state index in [2.05, 4.69) is 6.07 Å². The number of rotatable bonds is 2. The molecule has 2 aromatic carbocycles. The van der Waals surface area contributed by atoms with Crippen LogP contribution in [0.1, 0.15) is 22.3 Å². The molecule has 0 atom stereocenters. The third kappa shape index (κ3) is 3.23. The van der Waals surface area contributed by atoms with Crippen molar-refractivity contribution in [3.63, 3.8) is 0 Å². The van der Waals surface area contributed by atoms with Gasteiger partial charge in [0.1, 0.15) is 0 Å². The number of thioether (sulfide) groups is 1. The SMILES string of the molecule is Cc1cccc(/C=C2\SC(=S)N(c3cc(C)ccc3C)C2=O)c1. The minimum Gasteiger partial charge on any atom is -0.268 e. The molecule has 0 N–H and O–H groups in total. The van der Waals surface area contributed by atoms with Gasteiger partial charge in [0.2, 0.25) is 0 Å². The summed E-state index contributed by atoms with van der Waals surface area (Å²) in [4.78, 5) is 15.1. The largest absolute Gasteiger partial charge is 0.270 e. The molecule has 1 aliphatic rings. The molecule has 0 spiro atoms. The molecule has 116 valence electrons. The normalized spacial score (nSPS) is 16.5. The topological polar surface area (TPSA) is 20.3 Å². The van der Waals surface area contributed by atoms with Gasteiger partial charge in [0, 0.05) is 0 Å². The minimum atomic E-state index is -0.0461. The molecule has 1 heterocycles. The molecule has 0 unspecified atom stereocenters. The molecule has 1 fully saturated rings. The van der Waals surface area contributed by atoms with E-state index in [0.29, 0.717) is 9.23 Å². The quantitative estimate of drug-likeness (QED) is 0.566. The van der Waals surface area contributed by atoms with E-state index < -0.39 is 0 Å². The molecular formula is C19H17NOS2. The zero-order chi connectivity index (χ0) is 16.6. The van der Waals surface area contributed by atoms with Gasteiger partial charge in [0.25, 0.3) is 5.91 Å². The molecule has 2 aromatic rings. The number of nitrogens with zero attached hydrogens (tertiary/aromatic N) is 1. The first-order chi connectivity index (χ1) is 11.0. The van der Waals surface area contributed by atoms with Crippen LogP contribution in [0.25, 0.3) is 6.08 Å². The van der Waals surface area contributed by atoms with E-state index in [1.54, 1.807) is 4.90 Å². The zero-order valence-corrected chi connectivity index (χ0v) is 14.9. The van der Waals surface area contributed by atoms with Gasteiger partial charge in [-0.25, -0.2) is 0 Å². The van der Waals surface area contributed by atoms with Crippen LogP contribution >= 0.6 is 24.0 Å². The van der Waals surface area contributed by atoms with Crippen LogP contribution in [0.3, 0.4) is 0 Å². The fraction of sp³-hybridized carbons (Fsp3) is 0.158. The Balaban J connectivity index is 1.99. The van der Waals surface area contributed by atoms with Crippen LogP contribution < -0.4 is 4.90 Å². The average molecular weight is 339 g/mol. The average Bonchev–Trinajstić information content (AvgIpc) is 2.76. The first-order valence-electron chi connectivity index (χ1n) is 7.37. The van der Waals surface area contributed by atoms with Crippen molar-refractivity contribution in [2.45, 2.75) is 20.8 Å². The van der Waals surface area contributed by atoms with Gasteiger partial charge in [-0.05, 0) is 49.6 Å². The van der Waals surface area contributed by atoms with E-state index in [0.717, 1.165) is 22.4 Å². The standard InChI is InChI=1S/C19H17NOS2/c1-12-5-4-6-15(9-12)11-17-18(21)20(19(22)23-17)16-10-13(2)7-8-14(16)3/h4-11H,1-3H3/b17-11-. The lowest BCUT2D eigenvalue weighted by atomic mass is 10.1. The van der Waals surface area contributed by atoms with E-state index >= 15 is 0 Å². The Labute approximate surface area is 146 Å². The maximum Gasteiger partial charge on any atom is 0.270 e. The molecule has 1 amide bonds. The highest BCUT2D eigenvalue weighted by Crippen LogP contribution is 2.37. The molecule has 23 heavy (non-hydrogen) atoms. The Morgan fingerprint density at radius 3 is 2.52 bits per heavy atom. The van der Waals surface area contributed by atoms with Crippen LogP contribution in [-0.2, 0) is 4.79 Å². The van der Waals surface area contributed by atoms with Gasteiger partial charge < -0.3 is 0 Å². The highest BCUT2D eigenvalue weighted by Gasteiger charge is 2.34. The van der Waals surface area contributed by atoms with Crippen LogP contribution in [0.15, 0.2) is 47.4 Å². The van der Waals surface area contributed by atoms with E-state index in [9.17, 15) is 4.79 Å². The third-order valence-corrected chi connectivity index (χ3v) is 5.04. The first kappa shape index (κ1) is 16.0. The summed E-state index contributed by atoms with van der Waals surface area (Å²) >= 11 is 6.81. The van der Waals surface area contributed by atoms with Crippen molar-refractivity contribution in [1.29, 1.82) is 0 Å². The molecule has 1 aliphatic heterocycles.